The molecule has 110 valence electrons. The molecule has 0 aliphatic carbocycles. The highest BCUT2D eigenvalue weighted by atomic mass is 79.9. The SMILES string of the molecule is COC(=O)Cc1ccccc1CNc1cccc(Br)c1C. The maximum atomic E-state index is 11.5. The molecule has 0 unspecified atom stereocenters. The molecule has 1 N–H and O–H groups in total. The molecule has 0 atom stereocenters. The van der Waals surface area contributed by atoms with Gasteiger partial charge in [0.25, 0.3) is 0 Å². The molecule has 21 heavy (non-hydrogen) atoms. The van der Waals surface area contributed by atoms with Gasteiger partial charge in [0.2, 0.25) is 0 Å². The zero-order valence-corrected chi connectivity index (χ0v) is 13.7. The normalized spacial score (nSPS) is 10.2. The lowest BCUT2D eigenvalue weighted by molar-refractivity contribution is -0.139. The molecule has 0 radical (unpaired) electrons. The van der Waals surface area contributed by atoms with E-state index in [9.17, 15) is 4.79 Å². The summed E-state index contributed by atoms with van der Waals surface area (Å²) >= 11 is 3.53. The first kappa shape index (κ1) is 15.6. The predicted molar refractivity (Wildman–Crippen MR) is 88.4 cm³/mol. The van der Waals surface area contributed by atoms with E-state index in [0.717, 1.165) is 21.3 Å². The van der Waals surface area contributed by atoms with Crippen molar-refractivity contribution in [3.05, 3.63) is 63.6 Å². The summed E-state index contributed by atoms with van der Waals surface area (Å²) in [5.41, 5.74) is 4.34. The fraction of sp³-hybridized carbons (Fsp3) is 0.235. The number of hydrogen-bond donors (Lipinski definition) is 1. The largest absolute Gasteiger partial charge is 0.469 e. The van der Waals surface area contributed by atoms with E-state index in [1.54, 1.807) is 0 Å². The van der Waals surface area contributed by atoms with Gasteiger partial charge in [0.1, 0.15) is 0 Å². The summed E-state index contributed by atoms with van der Waals surface area (Å²) in [4.78, 5) is 11.5. The highest BCUT2D eigenvalue weighted by molar-refractivity contribution is 9.10. The Morgan fingerprint density at radius 1 is 1.14 bits per heavy atom. The zero-order chi connectivity index (χ0) is 15.2. The zero-order valence-electron chi connectivity index (χ0n) is 12.2. The van der Waals surface area contributed by atoms with Gasteiger partial charge in [-0.1, -0.05) is 46.3 Å². The topological polar surface area (TPSA) is 38.3 Å². The monoisotopic (exact) mass is 347 g/mol. The molecule has 0 fully saturated rings. The van der Waals surface area contributed by atoms with E-state index in [1.807, 2.05) is 42.5 Å². The number of methoxy groups -OCH3 is 1. The summed E-state index contributed by atoms with van der Waals surface area (Å²) in [6.07, 6.45) is 0.297. The van der Waals surface area contributed by atoms with Crippen LogP contribution in [0.4, 0.5) is 5.69 Å². The number of anilines is 1. The first-order valence-corrected chi connectivity index (χ1v) is 7.53. The first-order valence-electron chi connectivity index (χ1n) is 6.74. The Balaban J connectivity index is 2.13. The molecule has 0 aliphatic heterocycles. The number of esters is 1. The summed E-state index contributed by atoms with van der Waals surface area (Å²) in [5.74, 6) is -0.221. The molecule has 0 aliphatic rings. The van der Waals surface area contributed by atoms with Crippen LogP contribution >= 0.6 is 15.9 Å². The average Bonchev–Trinajstić information content (AvgIpc) is 2.50. The van der Waals surface area contributed by atoms with Crippen LogP contribution in [-0.4, -0.2) is 13.1 Å². The van der Waals surface area contributed by atoms with Crippen LogP contribution in [0.1, 0.15) is 16.7 Å². The van der Waals surface area contributed by atoms with Gasteiger partial charge < -0.3 is 10.1 Å². The summed E-state index contributed by atoms with van der Waals surface area (Å²) < 4.78 is 5.82. The highest BCUT2D eigenvalue weighted by Crippen LogP contribution is 2.24. The third kappa shape index (κ3) is 4.08. The number of carbonyl (C=O) groups excluding carboxylic acids is 1. The van der Waals surface area contributed by atoms with Crippen LogP contribution < -0.4 is 5.32 Å². The van der Waals surface area contributed by atoms with Crippen molar-refractivity contribution in [2.24, 2.45) is 0 Å². The first-order chi connectivity index (χ1) is 10.1. The Bertz CT molecular complexity index is 640. The van der Waals surface area contributed by atoms with E-state index in [-0.39, 0.29) is 5.97 Å². The molecule has 3 nitrogen and oxygen atoms in total. The second-order valence-electron chi connectivity index (χ2n) is 4.79. The number of benzene rings is 2. The maximum Gasteiger partial charge on any atom is 0.309 e. The van der Waals surface area contributed by atoms with Crippen LogP contribution in [-0.2, 0) is 22.5 Å². The van der Waals surface area contributed by atoms with E-state index in [0.29, 0.717) is 13.0 Å². The summed E-state index contributed by atoms with van der Waals surface area (Å²) in [5, 5.41) is 3.42. The molecule has 0 spiro atoms. The Labute approximate surface area is 133 Å². The van der Waals surface area contributed by atoms with Gasteiger partial charge in [-0.3, -0.25) is 4.79 Å². The Morgan fingerprint density at radius 3 is 2.57 bits per heavy atom. The van der Waals surface area contributed by atoms with E-state index >= 15 is 0 Å². The molecular weight excluding hydrogens is 330 g/mol. The van der Waals surface area contributed by atoms with Gasteiger partial charge in [0.05, 0.1) is 13.5 Å². The second kappa shape index (κ2) is 7.27. The molecule has 0 heterocycles. The molecule has 0 saturated carbocycles. The van der Waals surface area contributed by atoms with Gasteiger partial charge in [0, 0.05) is 16.7 Å². The Morgan fingerprint density at radius 2 is 1.86 bits per heavy atom. The minimum Gasteiger partial charge on any atom is -0.469 e. The predicted octanol–water partition coefficient (Wildman–Crippen LogP) is 4.09. The maximum absolute atomic E-state index is 11.5. The number of halogens is 1. The molecule has 2 aromatic carbocycles. The number of hydrogen-bond acceptors (Lipinski definition) is 3. The van der Waals surface area contributed by atoms with Gasteiger partial charge >= 0.3 is 5.97 Å². The van der Waals surface area contributed by atoms with Crippen molar-refractivity contribution < 1.29 is 9.53 Å². The quantitative estimate of drug-likeness (QED) is 0.828. The molecule has 0 aromatic heterocycles. The minimum atomic E-state index is -0.221. The van der Waals surface area contributed by atoms with Gasteiger partial charge in [0.15, 0.2) is 0 Å². The standard InChI is InChI=1S/C17H18BrNO2/c1-12-15(18)8-5-9-16(12)19-11-14-7-4-3-6-13(14)10-17(20)21-2/h3-9,19H,10-11H2,1-2H3. The summed E-state index contributed by atoms with van der Waals surface area (Å²) in [6, 6.07) is 14.0. The van der Waals surface area contributed by atoms with E-state index in [4.69, 9.17) is 4.74 Å². The molecule has 0 saturated heterocycles. The van der Waals surface area contributed by atoms with Crippen LogP contribution in [0.15, 0.2) is 46.9 Å². The van der Waals surface area contributed by atoms with Crippen LogP contribution in [0.3, 0.4) is 0 Å². The van der Waals surface area contributed by atoms with Crippen molar-refractivity contribution in [3.8, 4) is 0 Å². The lowest BCUT2D eigenvalue weighted by atomic mass is 10.0. The van der Waals surface area contributed by atoms with Crippen molar-refractivity contribution in [2.45, 2.75) is 19.9 Å². The Hall–Kier alpha value is -1.81. The van der Waals surface area contributed by atoms with E-state index in [1.165, 1.54) is 12.7 Å². The molecular formula is C17H18BrNO2. The van der Waals surface area contributed by atoms with Gasteiger partial charge in [-0.2, -0.15) is 0 Å². The van der Waals surface area contributed by atoms with Gasteiger partial charge in [-0.05, 0) is 35.7 Å². The van der Waals surface area contributed by atoms with Crippen LogP contribution in [0, 0.1) is 6.92 Å². The molecule has 0 amide bonds. The van der Waals surface area contributed by atoms with Crippen molar-refractivity contribution in [1.29, 1.82) is 0 Å². The van der Waals surface area contributed by atoms with Gasteiger partial charge in [-0.25, -0.2) is 0 Å². The van der Waals surface area contributed by atoms with Gasteiger partial charge in [-0.15, -0.1) is 0 Å². The van der Waals surface area contributed by atoms with Crippen molar-refractivity contribution in [1.82, 2.24) is 0 Å². The van der Waals surface area contributed by atoms with Crippen molar-refractivity contribution >= 4 is 27.6 Å². The second-order valence-corrected chi connectivity index (χ2v) is 5.64. The van der Waals surface area contributed by atoms with Crippen molar-refractivity contribution in [3.63, 3.8) is 0 Å². The Kier molecular flexibility index (Phi) is 5.39. The van der Waals surface area contributed by atoms with Crippen LogP contribution in [0.5, 0.6) is 0 Å². The lowest BCUT2D eigenvalue weighted by Gasteiger charge is -2.13. The fourth-order valence-electron chi connectivity index (χ4n) is 2.12. The number of rotatable bonds is 5. The number of nitrogens with one attached hydrogen (secondary N) is 1. The molecule has 2 aromatic rings. The lowest BCUT2D eigenvalue weighted by Crippen LogP contribution is -2.09. The average molecular weight is 348 g/mol. The minimum absolute atomic E-state index is 0.221. The molecule has 0 bridgehead atoms. The van der Waals surface area contributed by atoms with Crippen molar-refractivity contribution in [2.75, 3.05) is 12.4 Å². The fourth-order valence-corrected chi connectivity index (χ4v) is 2.49. The number of ether oxygens (including phenoxy) is 1. The molecule has 2 rings (SSSR count). The number of carbonyl (C=O) groups is 1. The van der Waals surface area contributed by atoms with E-state index in [2.05, 4.69) is 28.2 Å². The third-order valence-corrected chi connectivity index (χ3v) is 4.28. The highest BCUT2D eigenvalue weighted by Gasteiger charge is 2.08. The van der Waals surface area contributed by atoms with Crippen LogP contribution in [0.2, 0.25) is 0 Å². The third-order valence-electron chi connectivity index (χ3n) is 3.42. The van der Waals surface area contributed by atoms with E-state index < -0.39 is 0 Å². The summed E-state index contributed by atoms with van der Waals surface area (Å²) in [7, 11) is 1.41. The molecule has 4 heteroatoms. The smallest absolute Gasteiger partial charge is 0.309 e. The summed E-state index contributed by atoms with van der Waals surface area (Å²) in [6.45, 7) is 2.73. The van der Waals surface area contributed by atoms with Crippen LogP contribution in [0.25, 0.3) is 0 Å².